The summed E-state index contributed by atoms with van der Waals surface area (Å²) in [6.45, 7) is 1.80. The van der Waals surface area contributed by atoms with E-state index >= 15 is 0 Å². The highest BCUT2D eigenvalue weighted by Crippen LogP contribution is 2.27. The molecule has 1 heterocycles. The minimum Gasteiger partial charge on any atom is -0.482 e. The predicted molar refractivity (Wildman–Crippen MR) is 118 cm³/mol. The highest BCUT2D eigenvalue weighted by atomic mass is 35.5. The first-order chi connectivity index (χ1) is 15.0. The molecule has 31 heavy (non-hydrogen) atoms. The fraction of sp³-hybridized carbons (Fsp3) is 0.136. The van der Waals surface area contributed by atoms with Crippen LogP contribution in [0.15, 0.2) is 64.1 Å². The number of carbonyl (C=O) groups excluding carboxylic acids is 2. The van der Waals surface area contributed by atoms with Crippen molar-refractivity contribution in [2.24, 2.45) is 5.10 Å². The molecular formula is C22H18Cl2N2O5. The standard InChI is InChI=1S/C22H18Cl2N2O5/c1-2-29-22(28)15-5-3-14(4-6-15)19-10-8-17(31-19)12-25-26-21(27)13-30-20-9-7-16(23)11-18(20)24/h3-12H,2,13H2,1H3,(H,26,27). The molecule has 0 aliphatic carbocycles. The quantitative estimate of drug-likeness (QED) is 0.291. The fourth-order valence-corrected chi connectivity index (χ4v) is 2.96. The van der Waals surface area contributed by atoms with Crippen molar-refractivity contribution in [1.82, 2.24) is 5.43 Å². The van der Waals surface area contributed by atoms with Gasteiger partial charge in [0.05, 0.1) is 23.4 Å². The third-order valence-corrected chi connectivity index (χ3v) is 4.47. The van der Waals surface area contributed by atoms with Crippen molar-refractivity contribution < 1.29 is 23.5 Å². The molecule has 0 spiro atoms. The van der Waals surface area contributed by atoms with Crippen molar-refractivity contribution >= 4 is 41.3 Å². The molecule has 1 amide bonds. The Hall–Kier alpha value is -3.29. The Kier molecular flexibility index (Phi) is 7.70. The van der Waals surface area contributed by atoms with E-state index in [-0.39, 0.29) is 12.6 Å². The topological polar surface area (TPSA) is 90.1 Å². The minimum absolute atomic E-state index is 0.269. The molecule has 0 saturated carbocycles. The van der Waals surface area contributed by atoms with E-state index in [1.54, 1.807) is 55.5 Å². The number of amides is 1. The highest BCUT2D eigenvalue weighted by molar-refractivity contribution is 6.35. The zero-order chi connectivity index (χ0) is 22.2. The van der Waals surface area contributed by atoms with E-state index in [1.807, 2.05) is 0 Å². The molecular weight excluding hydrogens is 443 g/mol. The summed E-state index contributed by atoms with van der Waals surface area (Å²) in [5.41, 5.74) is 3.58. The summed E-state index contributed by atoms with van der Waals surface area (Å²) in [6, 6.07) is 15.0. The molecule has 0 radical (unpaired) electrons. The number of benzene rings is 2. The van der Waals surface area contributed by atoms with E-state index in [9.17, 15) is 9.59 Å². The Morgan fingerprint density at radius 2 is 1.87 bits per heavy atom. The Morgan fingerprint density at radius 1 is 1.10 bits per heavy atom. The molecule has 9 heteroatoms. The lowest BCUT2D eigenvalue weighted by Gasteiger charge is -2.06. The summed E-state index contributed by atoms with van der Waals surface area (Å²) in [5, 5.41) is 4.62. The molecule has 0 bridgehead atoms. The van der Waals surface area contributed by atoms with Crippen LogP contribution in [0.5, 0.6) is 5.75 Å². The normalized spacial score (nSPS) is 10.8. The summed E-state index contributed by atoms with van der Waals surface area (Å²) in [6.07, 6.45) is 1.36. The van der Waals surface area contributed by atoms with Gasteiger partial charge in [-0.3, -0.25) is 4.79 Å². The van der Waals surface area contributed by atoms with Gasteiger partial charge in [0.2, 0.25) is 0 Å². The Bertz CT molecular complexity index is 1090. The van der Waals surface area contributed by atoms with Gasteiger partial charge in [0, 0.05) is 10.6 Å². The molecule has 0 aliphatic heterocycles. The molecule has 3 aromatic rings. The smallest absolute Gasteiger partial charge is 0.338 e. The van der Waals surface area contributed by atoms with Gasteiger partial charge in [-0.15, -0.1) is 0 Å². The largest absolute Gasteiger partial charge is 0.482 e. The maximum atomic E-state index is 11.9. The first kappa shape index (κ1) is 22.4. The fourth-order valence-electron chi connectivity index (χ4n) is 2.50. The van der Waals surface area contributed by atoms with Crippen LogP contribution in [0, 0.1) is 0 Å². The second kappa shape index (κ2) is 10.7. The summed E-state index contributed by atoms with van der Waals surface area (Å²) in [5.74, 6) is 0.521. The second-order valence-corrected chi connectivity index (χ2v) is 7.00. The van der Waals surface area contributed by atoms with Crippen LogP contribution in [0.4, 0.5) is 0 Å². The van der Waals surface area contributed by atoms with E-state index in [2.05, 4.69) is 10.5 Å². The monoisotopic (exact) mass is 460 g/mol. The van der Waals surface area contributed by atoms with Crippen LogP contribution >= 0.6 is 23.2 Å². The van der Waals surface area contributed by atoms with Crippen molar-refractivity contribution in [3.63, 3.8) is 0 Å². The number of esters is 1. The van der Waals surface area contributed by atoms with E-state index in [1.165, 1.54) is 12.3 Å². The number of nitrogens with one attached hydrogen (secondary N) is 1. The van der Waals surface area contributed by atoms with Crippen molar-refractivity contribution in [3.8, 4) is 17.1 Å². The van der Waals surface area contributed by atoms with Crippen LogP contribution in [0.1, 0.15) is 23.0 Å². The maximum Gasteiger partial charge on any atom is 0.338 e. The lowest BCUT2D eigenvalue weighted by atomic mass is 10.1. The van der Waals surface area contributed by atoms with Crippen molar-refractivity contribution in [2.45, 2.75) is 6.92 Å². The lowest BCUT2D eigenvalue weighted by molar-refractivity contribution is -0.123. The molecule has 7 nitrogen and oxygen atoms in total. The molecule has 1 N–H and O–H groups in total. The Balaban J connectivity index is 1.52. The van der Waals surface area contributed by atoms with Gasteiger partial charge in [0.25, 0.3) is 5.91 Å². The molecule has 2 aromatic carbocycles. The molecule has 0 unspecified atom stereocenters. The van der Waals surface area contributed by atoms with Gasteiger partial charge >= 0.3 is 5.97 Å². The van der Waals surface area contributed by atoms with Crippen molar-refractivity contribution in [1.29, 1.82) is 0 Å². The third-order valence-electron chi connectivity index (χ3n) is 3.94. The molecule has 1 aromatic heterocycles. The van der Waals surface area contributed by atoms with Gasteiger partial charge in [0.1, 0.15) is 17.3 Å². The van der Waals surface area contributed by atoms with Gasteiger partial charge in [-0.05, 0) is 49.4 Å². The number of nitrogens with zero attached hydrogens (tertiary/aromatic N) is 1. The van der Waals surface area contributed by atoms with Crippen LogP contribution in [0.3, 0.4) is 0 Å². The summed E-state index contributed by atoms with van der Waals surface area (Å²) in [7, 11) is 0. The molecule has 0 atom stereocenters. The van der Waals surface area contributed by atoms with Gasteiger partial charge < -0.3 is 13.9 Å². The van der Waals surface area contributed by atoms with E-state index < -0.39 is 5.91 Å². The number of ether oxygens (including phenoxy) is 2. The third kappa shape index (κ3) is 6.34. The maximum absolute atomic E-state index is 11.9. The average molecular weight is 461 g/mol. The zero-order valence-corrected chi connectivity index (χ0v) is 17.9. The van der Waals surface area contributed by atoms with Crippen LogP contribution in [0.2, 0.25) is 10.0 Å². The number of hydrogen-bond donors (Lipinski definition) is 1. The molecule has 3 rings (SSSR count). The van der Waals surface area contributed by atoms with E-state index in [0.717, 1.165) is 5.56 Å². The molecule has 0 saturated heterocycles. The minimum atomic E-state index is -0.469. The van der Waals surface area contributed by atoms with Gasteiger partial charge in [-0.2, -0.15) is 5.10 Å². The number of hydrazone groups is 1. The van der Waals surface area contributed by atoms with Crippen LogP contribution in [-0.4, -0.2) is 31.3 Å². The Labute approximate surface area is 188 Å². The summed E-state index contributed by atoms with van der Waals surface area (Å²) >= 11 is 11.8. The first-order valence-corrected chi connectivity index (χ1v) is 9.99. The highest BCUT2D eigenvalue weighted by Gasteiger charge is 2.09. The second-order valence-electron chi connectivity index (χ2n) is 6.16. The molecule has 160 valence electrons. The van der Waals surface area contributed by atoms with Crippen LogP contribution < -0.4 is 10.2 Å². The summed E-state index contributed by atoms with van der Waals surface area (Å²) < 4.78 is 16.0. The zero-order valence-electron chi connectivity index (χ0n) is 16.4. The van der Waals surface area contributed by atoms with Gasteiger partial charge in [-0.1, -0.05) is 35.3 Å². The van der Waals surface area contributed by atoms with E-state index in [4.69, 9.17) is 37.1 Å². The Morgan fingerprint density at radius 3 is 2.58 bits per heavy atom. The van der Waals surface area contributed by atoms with Crippen molar-refractivity contribution in [3.05, 3.63) is 76.0 Å². The van der Waals surface area contributed by atoms with Crippen molar-refractivity contribution in [2.75, 3.05) is 13.2 Å². The first-order valence-electron chi connectivity index (χ1n) is 9.23. The van der Waals surface area contributed by atoms with E-state index in [0.29, 0.717) is 39.5 Å². The number of carbonyl (C=O) groups is 2. The lowest BCUT2D eigenvalue weighted by Crippen LogP contribution is -2.24. The number of furan rings is 1. The SMILES string of the molecule is CCOC(=O)c1ccc(-c2ccc(C=NNC(=O)COc3ccc(Cl)cc3Cl)o2)cc1. The predicted octanol–water partition coefficient (Wildman–Crippen LogP) is 4.96. The van der Waals surface area contributed by atoms with Crippen LogP contribution in [0.25, 0.3) is 11.3 Å². The summed E-state index contributed by atoms with van der Waals surface area (Å²) in [4.78, 5) is 23.6. The molecule has 0 fully saturated rings. The molecule has 0 aliphatic rings. The van der Waals surface area contributed by atoms with Gasteiger partial charge in [0.15, 0.2) is 6.61 Å². The number of halogens is 2. The number of rotatable bonds is 8. The van der Waals surface area contributed by atoms with Crippen LogP contribution in [-0.2, 0) is 9.53 Å². The van der Waals surface area contributed by atoms with Gasteiger partial charge in [-0.25, -0.2) is 10.2 Å². The average Bonchev–Trinajstić information content (AvgIpc) is 3.22. The number of hydrogen-bond acceptors (Lipinski definition) is 6.